The van der Waals surface area contributed by atoms with Crippen LogP contribution in [0.4, 0.5) is 0 Å². The van der Waals surface area contributed by atoms with Gasteiger partial charge in [0, 0.05) is 20.1 Å². The monoisotopic (exact) mass is 297 g/mol. The first-order chi connectivity index (χ1) is 10.8. The van der Waals surface area contributed by atoms with E-state index in [4.69, 9.17) is 9.47 Å². The largest absolute Gasteiger partial charge is 0.454 e. The van der Waals surface area contributed by atoms with Crippen LogP contribution in [0.5, 0.6) is 11.5 Å². The van der Waals surface area contributed by atoms with Gasteiger partial charge in [-0.05, 0) is 23.3 Å². The van der Waals surface area contributed by atoms with Gasteiger partial charge in [-0.3, -0.25) is 4.99 Å². The highest BCUT2D eigenvalue weighted by Gasteiger charge is 2.13. The number of guanidine groups is 1. The second-order valence-corrected chi connectivity index (χ2v) is 4.95. The van der Waals surface area contributed by atoms with Crippen LogP contribution in [0.2, 0.25) is 0 Å². The molecule has 0 unspecified atom stereocenters. The number of benzene rings is 2. The predicted octanol–water partition coefficient (Wildman–Crippen LogP) is 2.28. The first-order valence-electron chi connectivity index (χ1n) is 7.22. The molecule has 0 saturated heterocycles. The lowest BCUT2D eigenvalue weighted by Crippen LogP contribution is -2.36. The normalized spacial score (nSPS) is 13.0. The molecule has 0 aliphatic carbocycles. The van der Waals surface area contributed by atoms with Gasteiger partial charge in [0.15, 0.2) is 17.5 Å². The van der Waals surface area contributed by atoms with Crippen LogP contribution in [0.25, 0.3) is 0 Å². The van der Waals surface area contributed by atoms with Gasteiger partial charge >= 0.3 is 0 Å². The molecule has 0 saturated carbocycles. The van der Waals surface area contributed by atoms with Crippen LogP contribution in [0.3, 0.4) is 0 Å². The van der Waals surface area contributed by atoms with E-state index in [0.29, 0.717) is 13.3 Å². The second kappa shape index (κ2) is 6.85. The van der Waals surface area contributed by atoms with E-state index in [0.717, 1.165) is 29.6 Å². The van der Waals surface area contributed by atoms with E-state index >= 15 is 0 Å². The van der Waals surface area contributed by atoms with Crippen molar-refractivity contribution in [1.29, 1.82) is 0 Å². The second-order valence-electron chi connectivity index (χ2n) is 4.95. The molecule has 0 fully saturated rings. The summed E-state index contributed by atoms with van der Waals surface area (Å²) in [5.41, 5.74) is 2.33. The molecule has 0 spiro atoms. The fourth-order valence-corrected chi connectivity index (χ4v) is 2.24. The Morgan fingerprint density at radius 3 is 2.45 bits per heavy atom. The van der Waals surface area contributed by atoms with Crippen LogP contribution >= 0.6 is 0 Å². The zero-order chi connectivity index (χ0) is 15.2. The molecule has 3 rings (SSSR count). The Morgan fingerprint density at radius 1 is 0.955 bits per heavy atom. The van der Waals surface area contributed by atoms with Gasteiger partial charge < -0.3 is 20.1 Å². The Bertz CT molecular complexity index is 656. The van der Waals surface area contributed by atoms with Crippen molar-refractivity contribution < 1.29 is 9.47 Å². The van der Waals surface area contributed by atoms with Crippen LogP contribution in [0.15, 0.2) is 53.5 Å². The van der Waals surface area contributed by atoms with Crippen LogP contribution < -0.4 is 20.1 Å². The smallest absolute Gasteiger partial charge is 0.231 e. The van der Waals surface area contributed by atoms with Crippen molar-refractivity contribution in [3.05, 3.63) is 59.7 Å². The first kappa shape index (κ1) is 14.3. The Labute approximate surface area is 130 Å². The average Bonchev–Trinajstić information content (AvgIpc) is 3.03. The molecular weight excluding hydrogens is 278 g/mol. The maximum atomic E-state index is 5.38. The van der Waals surface area contributed by atoms with Crippen LogP contribution in [0.1, 0.15) is 11.1 Å². The summed E-state index contributed by atoms with van der Waals surface area (Å²) < 4.78 is 10.7. The van der Waals surface area contributed by atoms with Crippen molar-refractivity contribution in [2.45, 2.75) is 13.1 Å². The summed E-state index contributed by atoms with van der Waals surface area (Å²) in [5, 5.41) is 6.58. The molecule has 2 aromatic rings. The molecule has 2 N–H and O–H groups in total. The fourth-order valence-electron chi connectivity index (χ4n) is 2.24. The van der Waals surface area contributed by atoms with E-state index in [9.17, 15) is 0 Å². The first-order valence-corrected chi connectivity index (χ1v) is 7.22. The highest BCUT2D eigenvalue weighted by Crippen LogP contribution is 2.32. The Hall–Kier alpha value is -2.69. The molecular formula is C17H19N3O2. The van der Waals surface area contributed by atoms with E-state index in [-0.39, 0.29) is 0 Å². The predicted molar refractivity (Wildman–Crippen MR) is 86.0 cm³/mol. The molecule has 0 aromatic heterocycles. The maximum Gasteiger partial charge on any atom is 0.231 e. The standard InChI is InChI=1S/C17H19N3O2/c1-18-17(19-10-13-5-3-2-4-6-13)20-11-14-7-8-15-16(9-14)22-12-21-15/h2-9H,10-12H2,1H3,(H2,18,19,20). The molecule has 0 radical (unpaired) electrons. The van der Waals surface area contributed by atoms with Gasteiger partial charge in [0.05, 0.1) is 0 Å². The molecule has 0 atom stereocenters. The van der Waals surface area contributed by atoms with Gasteiger partial charge in [-0.2, -0.15) is 0 Å². The van der Waals surface area contributed by atoms with E-state index in [1.807, 2.05) is 36.4 Å². The van der Waals surface area contributed by atoms with Gasteiger partial charge in [-0.1, -0.05) is 36.4 Å². The summed E-state index contributed by atoms with van der Waals surface area (Å²) in [4.78, 5) is 4.23. The quantitative estimate of drug-likeness (QED) is 0.671. The Balaban J connectivity index is 1.53. The Morgan fingerprint density at radius 2 is 1.68 bits per heavy atom. The molecule has 5 nitrogen and oxygen atoms in total. The third kappa shape index (κ3) is 3.49. The van der Waals surface area contributed by atoms with Crippen LogP contribution in [-0.2, 0) is 13.1 Å². The molecule has 5 heteroatoms. The summed E-state index contributed by atoms with van der Waals surface area (Å²) in [6, 6.07) is 16.2. The van der Waals surface area contributed by atoms with Gasteiger partial charge in [0.2, 0.25) is 6.79 Å². The van der Waals surface area contributed by atoms with Crippen molar-refractivity contribution in [2.75, 3.05) is 13.8 Å². The summed E-state index contributed by atoms with van der Waals surface area (Å²) >= 11 is 0. The lowest BCUT2D eigenvalue weighted by Gasteiger charge is -2.12. The van der Waals surface area contributed by atoms with Gasteiger partial charge in [0.25, 0.3) is 0 Å². The number of ether oxygens (including phenoxy) is 2. The number of fused-ring (bicyclic) bond motifs is 1. The Kier molecular flexibility index (Phi) is 4.44. The maximum absolute atomic E-state index is 5.38. The van der Waals surface area contributed by atoms with Crippen molar-refractivity contribution in [2.24, 2.45) is 4.99 Å². The minimum absolute atomic E-state index is 0.298. The number of hydrogen-bond acceptors (Lipinski definition) is 3. The molecule has 0 amide bonds. The molecule has 1 heterocycles. The zero-order valence-corrected chi connectivity index (χ0v) is 12.5. The van der Waals surface area contributed by atoms with E-state index < -0.39 is 0 Å². The topological polar surface area (TPSA) is 54.9 Å². The molecule has 22 heavy (non-hydrogen) atoms. The molecule has 1 aliphatic heterocycles. The molecule has 0 bridgehead atoms. The van der Waals surface area contributed by atoms with Gasteiger partial charge in [-0.25, -0.2) is 0 Å². The summed E-state index contributed by atoms with van der Waals surface area (Å²) in [6.07, 6.45) is 0. The van der Waals surface area contributed by atoms with Crippen LogP contribution in [0, 0.1) is 0 Å². The molecule has 114 valence electrons. The van der Waals surface area contributed by atoms with E-state index in [2.05, 4.69) is 27.8 Å². The number of nitrogens with zero attached hydrogens (tertiary/aromatic N) is 1. The molecule has 1 aliphatic rings. The van der Waals surface area contributed by atoms with Crippen LogP contribution in [-0.4, -0.2) is 19.8 Å². The minimum atomic E-state index is 0.298. The average molecular weight is 297 g/mol. The van der Waals surface area contributed by atoms with E-state index in [1.54, 1.807) is 7.05 Å². The molecule has 2 aromatic carbocycles. The number of rotatable bonds is 4. The third-order valence-electron chi connectivity index (χ3n) is 3.42. The van der Waals surface area contributed by atoms with E-state index in [1.165, 1.54) is 5.56 Å². The number of aliphatic imine (C=N–C) groups is 1. The summed E-state index contributed by atoms with van der Waals surface area (Å²) in [7, 11) is 1.76. The third-order valence-corrected chi connectivity index (χ3v) is 3.42. The van der Waals surface area contributed by atoms with Crippen molar-refractivity contribution in [3.8, 4) is 11.5 Å². The van der Waals surface area contributed by atoms with Gasteiger partial charge in [0.1, 0.15) is 0 Å². The SMILES string of the molecule is CN=C(NCc1ccccc1)NCc1ccc2c(c1)OCO2. The highest BCUT2D eigenvalue weighted by molar-refractivity contribution is 5.79. The lowest BCUT2D eigenvalue weighted by atomic mass is 10.2. The lowest BCUT2D eigenvalue weighted by molar-refractivity contribution is 0.174. The summed E-state index contributed by atoms with van der Waals surface area (Å²) in [6.45, 7) is 1.71. The van der Waals surface area contributed by atoms with Gasteiger partial charge in [-0.15, -0.1) is 0 Å². The number of hydrogen-bond donors (Lipinski definition) is 2. The minimum Gasteiger partial charge on any atom is -0.454 e. The fraction of sp³-hybridized carbons (Fsp3) is 0.235. The van der Waals surface area contributed by atoms with Crippen molar-refractivity contribution in [1.82, 2.24) is 10.6 Å². The number of nitrogens with one attached hydrogen (secondary N) is 2. The summed E-state index contributed by atoms with van der Waals surface area (Å²) in [5.74, 6) is 2.36. The zero-order valence-electron chi connectivity index (χ0n) is 12.5. The van der Waals surface area contributed by atoms with Crippen molar-refractivity contribution in [3.63, 3.8) is 0 Å². The van der Waals surface area contributed by atoms with Crippen molar-refractivity contribution >= 4 is 5.96 Å². The highest BCUT2D eigenvalue weighted by atomic mass is 16.7.